The summed E-state index contributed by atoms with van der Waals surface area (Å²) in [5.41, 5.74) is 3.02. The van der Waals surface area contributed by atoms with Gasteiger partial charge in [0.15, 0.2) is 16.7 Å². The number of fused-ring (bicyclic) bond motifs is 1. The second kappa shape index (κ2) is 12.7. The van der Waals surface area contributed by atoms with Gasteiger partial charge in [-0.05, 0) is 18.4 Å². The van der Waals surface area contributed by atoms with E-state index in [1.807, 2.05) is 52.8 Å². The summed E-state index contributed by atoms with van der Waals surface area (Å²) < 4.78 is 22.0. The standard InChI is InChI=1S/C28H31N3O6S/c1-5-37-27(33)23-24(18-10-7-6-8-11-18)30-28-31(19(17-38-28)16-22(32)29-14-15-34-2)25(23)20-12-9-13-21(35-3)26(20)36-4/h6-13,17,25H,5,14-16H2,1-4H3,(H,29,32). The second-order valence-corrected chi connectivity index (χ2v) is 9.18. The quantitative estimate of drug-likeness (QED) is 0.338. The van der Waals surface area contributed by atoms with E-state index in [1.165, 1.54) is 11.8 Å². The Morgan fingerprint density at radius 3 is 2.53 bits per heavy atom. The predicted molar refractivity (Wildman–Crippen MR) is 147 cm³/mol. The Labute approximate surface area is 226 Å². The summed E-state index contributed by atoms with van der Waals surface area (Å²) in [4.78, 5) is 33.3. The zero-order valence-electron chi connectivity index (χ0n) is 21.9. The van der Waals surface area contributed by atoms with Crippen LogP contribution in [0.4, 0.5) is 0 Å². The van der Waals surface area contributed by atoms with Crippen LogP contribution in [0.5, 0.6) is 11.5 Å². The molecule has 2 aliphatic rings. The van der Waals surface area contributed by atoms with E-state index in [-0.39, 0.29) is 18.9 Å². The molecular formula is C28H31N3O6S. The fraction of sp³-hybridized carbons (Fsp3) is 0.321. The first-order chi connectivity index (χ1) is 18.5. The highest BCUT2D eigenvalue weighted by molar-refractivity contribution is 8.16. The van der Waals surface area contributed by atoms with Crippen LogP contribution < -0.4 is 14.8 Å². The number of carbonyl (C=O) groups is 2. The Bertz CT molecular complexity index is 1270. The van der Waals surface area contributed by atoms with Crippen LogP contribution in [-0.2, 0) is 19.1 Å². The minimum absolute atomic E-state index is 0.0926. The molecule has 0 aromatic heterocycles. The van der Waals surface area contributed by atoms with Crippen LogP contribution in [0.3, 0.4) is 0 Å². The van der Waals surface area contributed by atoms with Crippen LogP contribution >= 0.6 is 11.8 Å². The van der Waals surface area contributed by atoms with Crippen molar-refractivity contribution in [3.63, 3.8) is 0 Å². The van der Waals surface area contributed by atoms with Crippen LogP contribution in [0, 0.1) is 0 Å². The van der Waals surface area contributed by atoms with Gasteiger partial charge < -0.3 is 29.2 Å². The van der Waals surface area contributed by atoms with Crippen molar-refractivity contribution in [2.24, 2.45) is 4.99 Å². The number of esters is 1. The summed E-state index contributed by atoms with van der Waals surface area (Å²) in [6.07, 6.45) is 0.0926. The molecule has 2 aromatic carbocycles. The van der Waals surface area contributed by atoms with E-state index < -0.39 is 12.0 Å². The maximum Gasteiger partial charge on any atom is 0.338 e. The van der Waals surface area contributed by atoms with Crippen molar-refractivity contribution in [2.45, 2.75) is 19.4 Å². The van der Waals surface area contributed by atoms with Crippen molar-refractivity contribution in [1.82, 2.24) is 10.2 Å². The molecule has 9 nitrogen and oxygen atoms in total. The van der Waals surface area contributed by atoms with Gasteiger partial charge >= 0.3 is 5.97 Å². The third-order valence-electron chi connectivity index (χ3n) is 6.05. The average molecular weight is 538 g/mol. The molecule has 0 aliphatic carbocycles. The molecule has 1 amide bonds. The number of carbonyl (C=O) groups excluding carboxylic acids is 2. The number of nitrogens with zero attached hydrogens (tertiary/aromatic N) is 2. The first kappa shape index (κ1) is 27.3. The number of para-hydroxylation sites is 1. The Hall–Kier alpha value is -3.76. The van der Waals surface area contributed by atoms with Crippen molar-refractivity contribution < 1.29 is 28.5 Å². The Morgan fingerprint density at radius 1 is 1.05 bits per heavy atom. The van der Waals surface area contributed by atoms with Gasteiger partial charge in [-0.3, -0.25) is 4.79 Å². The molecule has 0 saturated carbocycles. The molecule has 1 N–H and O–H groups in total. The normalized spacial score (nSPS) is 16.4. The number of ether oxygens (including phenoxy) is 4. The van der Waals surface area contributed by atoms with Crippen LogP contribution in [0.1, 0.15) is 30.5 Å². The number of hydrogen-bond acceptors (Lipinski definition) is 9. The molecule has 0 fully saturated rings. The lowest BCUT2D eigenvalue weighted by atomic mass is 9.90. The topological polar surface area (TPSA) is 98.7 Å². The molecule has 1 unspecified atom stereocenters. The zero-order chi connectivity index (χ0) is 27.1. The number of amides is 1. The van der Waals surface area contributed by atoms with E-state index in [0.717, 1.165) is 5.56 Å². The van der Waals surface area contributed by atoms with Crippen molar-refractivity contribution in [3.8, 4) is 11.5 Å². The number of aliphatic imine (C=N–C) groups is 1. The fourth-order valence-corrected chi connectivity index (χ4v) is 5.35. The van der Waals surface area contributed by atoms with Crippen molar-refractivity contribution in [1.29, 1.82) is 0 Å². The molecular weight excluding hydrogens is 506 g/mol. The molecule has 200 valence electrons. The Kier molecular flexibility index (Phi) is 9.09. The van der Waals surface area contributed by atoms with Gasteiger partial charge in [-0.2, -0.15) is 0 Å². The van der Waals surface area contributed by atoms with Gasteiger partial charge in [-0.25, -0.2) is 9.79 Å². The largest absolute Gasteiger partial charge is 0.493 e. The second-order valence-electron chi connectivity index (χ2n) is 8.35. The Morgan fingerprint density at radius 2 is 1.84 bits per heavy atom. The molecule has 2 aliphatic heterocycles. The van der Waals surface area contributed by atoms with Crippen LogP contribution in [-0.4, -0.2) is 63.0 Å². The van der Waals surface area contributed by atoms with Gasteiger partial charge in [0.25, 0.3) is 0 Å². The van der Waals surface area contributed by atoms with E-state index in [9.17, 15) is 9.59 Å². The molecule has 10 heteroatoms. The van der Waals surface area contributed by atoms with Crippen molar-refractivity contribution >= 4 is 34.5 Å². The van der Waals surface area contributed by atoms with Gasteiger partial charge in [0.2, 0.25) is 5.91 Å². The lowest BCUT2D eigenvalue weighted by Crippen LogP contribution is -2.38. The zero-order valence-corrected chi connectivity index (χ0v) is 22.7. The fourth-order valence-electron chi connectivity index (χ4n) is 4.43. The van der Waals surface area contributed by atoms with E-state index in [0.29, 0.717) is 52.3 Å². The number of benzene rings is 2. The number of amidine groups is 1. The van der Waals surface area contributed by atoms with Crippen molar-refractivity contribution in [3.05, 3.63) is 76.3 Å². The Balaban J connectivity index is 1.89. The highest BCUT2D eigenvalue weighted by Crippen LogP contribution is 2.50. The minimum Gasteiger partial charge on any atom is -0.493 e. The summed E-state index contributed by atoms with van der Waals surface area (Å²) in [7, 11) is 4.70. The third kappa shape index (κ3) is 5.56. The number of rotatable bonds is 11. The molecule has 0 spiro atoms. The van der Waals surface area contributed by atoms with E-state index in [2.05, 4.69) is 5.32 Å². The SMILES string of the molecule is CCOC(=O)C1=C(c2ccccc2)N=C2SC=C(CC(=O)NCCOC)N2C1c1cccc(OC)c1OC. The predicted octanol–water partition coefficient (Wildman–Crippen LogP) is 4.13. The first-order valence-corrected chi connectivity index (χ1v) is 13.1. The molecule has 4 rings (SSSR count). The van der Waals surface area contributed by atoms with Gasteiger partial charge in [-0.1, -0.05) is 54.2 Å². The minimum atomic E-state index is -0.685. The lowest BCUT2D eigenvalue weighted by Gasteiger charge is -2.37. The molecule has 0 radical (unpaired) electrons. The first-order valence-electron chi connectivity index (χ1n) is 12.2. The number of nitrogens with one attached hydrogen (secondary N) is 1. The monoisotopic (exact) mass is 537 g/mol. The maximum atomic E-state index is 13.6. The highest BCUT2D eigenvalue weighted by atomic mass is 32.2. The van der Waals surface area contributed by atoms with Gasteiger partial charge in [0, 0.05) is 30.5 Å². The number of methoxy groups -OCH3 is 3. The van der Waals surface area contributed by atoms with E-state index in [1.54, 1.807) is 34.3 Å². The third-order valence-corrected chi connectivity index (χ3v) is 6.94. The van der Waals surface area contributed by atoms with Gasteiger partial charge in [0.05, 0.1) is 51.2 Å². The summed E-state index contributed by atoms with van der Waals surface area (Å²) in [6, 6.07) is 14.4. The van der Waals surface area contributed by atoms with Gasteiger partial charge in [0.1, 0.15) is 0 Å². The summed E-state index contributed by atoms with van der Waals surface area (Å²) in [5, 5.41) is 5.40. The molecule has 38 heavy (non-hydrogen) atoms. The smallest absolute Gasteiger partial charge is 0.338 e. The summed E-state index contributed by atoms with van der Waals surface area (Å²) >= 11 is 1.40. The van der Waals surface area contributed by atoms with Gasteiger partial charge in [-0.15, -0.1) is 0 Å². The van der Waals surface area contributed by atoms with Crippen LogP contribution in [0.25, 0.3) is 5.70 Å². The molecule has 0 bridgehead atoms. The molecule has 2 heterocycles. The summed E-state index contributed by atoms with van der Waals surface area (Å²) in [6.45, 7) is 2.77. The van der Waals surface area contributed by atoms with E-state index in [4.69, 9.17) is 23.9 Å². The number of hydrogen-bond donors (Lipinski definition) is 1. The van der Waals surface area contributed by atoms with Crippen LogP contribution in [0.15, 0.2) is 70.2 Å². The van der Waals surface area contributed by atoms with Crippen LogP contribution in [0.2, 0.25) is 0 Å². The lowest BCUT2D eigenvalue weighted by molar-refractivity contribution is -0.139. The molecule has 2 aromatic rings. The average Bonchev–Trinajstić information content (AvgIpc) is 3.34. The molecule has 1 atom stereocenters. The van der Waals surface area contributed by atoms with E-state index >= 15 is 0 Å². The van der Waals surface area contributed by atoms with Crippen molar-refractivity contribution in [2.75, 3.05) is 41.1 Å². The molecule has 0 saturated heterocycles. The maximum absolute atomic E-state index is 13.6. The number of thioether (sulfide) groups is 1. The highest BCUT2D eigenvalue weighted by Gasteiger charge is 2.43. The summed E-state index contributed by atoms with van der Waals surface area (Å²) in [5.74, 6) is 0.344.